The molecule has 2 atom stereocenters. The Morgan fingerprint density at radius 2 is 1.97 bits per heavy atom. The van der Waals surface area contributed by atoms with Gasteiger partial charge >= 0.3 is 6.18 Å². The Balaban J connectivity index is 1.74. The third-order valence-corrected chi connectivity index (χ3v) is 5.95. The molecule has 6 nitrogen and oxygen atoms in total. The van der Waals surface area contributed by atoms with Crippen LogP contribution >= 0.6 is 0 Å². The number of hydrogen-bond donors (Lipinski definition) is 2. The summed E-state index contributed by atoms with van der Waals surface area (Å²) in [7, 11) is 0. The lowest BCUT2D eigenvalue weighted by molar-refractivity contribution is -0.144. The molecule has 1 amide bonds. The number of alkyl halides is 5. The van der Waals surface area contributed by atoms with Crippen molar-refractivity contribution in [2.45, 2.75) is 76.6 Å². The van der Waals surface area contributed by atoms with E-state index in [1.54, 1.807) is 12.3 Å². The van der Waals surface area contributed by atoms with Crippen molar-refractivity contribution in [3.63, 3.8) is 0 Å². The number of rotatable bonds is 7. The summed E-state index contributed by atoms with van der Waals surface area (Å²) in [5.41, 5.74) is 7.92. The normalized spacial score (nSPS) is 19.3. The van der Waals surface area contributed by atoms with Gasteiger partial charge in [-0.15, -0.1) is 0 Å². The molecule has 2 aromatic rings. The van der Waals surface area contributed by atoms with Crippen LogP contribution in [0.25, 0.3) is 5.65 Å². The molecule has 0 aliphatic heterocycles. The van der Waals surface area contributed by atoms with Gasteiger partial charge in [-0.25, -0.2) is 18.3 Å². The van der Waals surface area contributed by atoms with Gasteiger partial charge < -0.3 is 11.1 Å². The minimum Gasteiger partial charge on any atom is -0.349 e. The van der Waals surface area contributed by atoms with Crippen molar-refractivity contribution in [3.8, 4) is 0 Å². The summed E-state index contributed by atoms with van der Waals surface area (Å²) in [5, 5.41) is 6.94. The number of carbonyl (C=O) groups excluding carboxylic acids is 1. The maximum Gasteiger partial charge on any atom is 0.389 e. The van der Waals surface area contributed by atoms with Gasteiger partial charge in [0, 0.05) is 19.3 Å². The largest absolute Gasteiger partial charge is 0.389 e. The van der Waals surface area contributed by atoms with Crippen molar-refractivity contribution in [1.82, 2.24) is 19.9 Å². The summed E-state index contributed by atoms with van der Waals surface area (Å²) in [4.78, 5) is 16.5. The first-order valence-corrected chi connectivity index (χ1v) is 10.7. The second kappa shape index (κ2) is 9.29. The van der Waals surface area contributed by atoms with Gasteiger partial charge in [-0.1, -0.05) is 13.8 Å². The minimum absolute atomic E-state index is 0.102. The van der Waals surface area contributed by atoms with Gasteiger partial charge in [0.1, 0.15) is 0 Å². The van der Waals surface area contributed by atoms with Gasteiger partial charge in [-0.05, 0) is 36.3 Å². The van der Waals surface area contributed by atoms with Gasteiger partial charge in [-0.3, -0.25) is 4.79 Å². The first-order valence-electron chi connectivity index (χ1n) is 10.7. The number of halogens is 5. The fraction of sp³-hybridized carbons (Fsp3) is 0.667. The van der Waals surface area contributed by atoms with Gasteiger partial charge in [0.05, 0.1) is 36.6 Å². The van der Waals surface area contributed by atoms with Crippen molar-refractivity contribution < 1.29 is 26.7 Å². The Labute approximate surface area is 182 Å². The number of carbonyl (C=O) groups is 1. The molecule has 0 aromatic carbocycles. The van der Waals surface area contributed by atoms with Crippen LogP contribution in [0, 0.1) is 11.8 Å². The predicted octanol–water partition coefficient (Wildman–Crippen LogP) is 4.71. The average molecular weight is 461 g/mol. The lowest BCUT2D eigenvalue weighted by Crippen LogP contribution is -2.32. The van der Waals surface area contributed by atoms with Crippen LogP contribution in [0.15, 0.2) is 18.5 Å². The Bertz CT molecular complexity index is 932. The van der Waals surface area contributed by atoms with E-state index in [2.05, 4.69) is 15.4 Å². The Kier molecular flexibility index (Phi) is 7.06. The first kappa shape index (κ1) is 24.3. The Hall–Kier alpha value is -2.30. The van der Waals surface area contributed by atoms with Crippen molar-refractivity contribution >= 4 is 11.6 Å². The summed E-state index contributed by atoms with van der Waals surface area (Å²) >= 11 is 0. The Morgan fingerprint density at radius 3 is 2.56 bits per heavy atom. The number of nitrogens with zero attached hydrogens (tertiary/aromatic N) is 3. The number of fused-ring (bicyclic) bond motifs is 1. The lowest BCUT2D eigenvalue weighted by Gasteiger charge is -2.31. The van der Waals surface area contributed by atoms with E-state index in [-0.39, 0.29) is 24.7 Å². The molecule has 2 heterocycles. The van der Waals surface area contributed by atoms with Gasteiger partial charge in [0.25, 0.3) is 0 Å². The van der Waals surface area contributed by atoms with Crippen LogP contribution in [-0.4, -0.2) is 32.6 Å². The van der Waals surface area contributed by atoms with E-state index in [4.69, 9.17) is 5.73 Å². The molecule has 1 aliphatic carbocycles. The van der Waals surface area contributed by atoms with Gasteiger partial charge in [-0.2, -0.15) is 18.3 Å². The smallest absolute Gasteiger partial charge is 0.349 e. The fourth-order valence-corrected chi connectivity index (χ4v) is 4.04. The molecule has 11 heteroatoms. The van der Waals surface area contributed by atoms with Crippen molar-refractivity contribution in [2.75, 3.05) is 0 Å². The third kappa shape index (κ3) is 6.14. The van der Waals surface area contributed by atoms with E-state index in [0.717, 1.165) is 0 Å². The molecule has 32 heavy (non-hydrogen) atoms. The SMILES string of the molecule is CC(C)[C@@H](NC(=O)CCC(F)(F)F)c1cnn2cc([C@@H](N)C3CCC(F)(F)CC3)nc2c1. The second-order valence-electron chi connectivity index (χ2n) is 8.88. The monoisotopic (exact) mass is 461 g/mol. The van der Waals surface area contributed by atoms with E-state index in [1.165, 1.54) is 10.7 Å². The van der Waals surface area contributed by atoms with Crippen LogP contribution < -0.4 is 11.1 Å². The molecule has 1 fully saturated rings. The molecule has 0 spiro atoms. The highest BCUT2D eigenvalue weighted by atomic mass is 19.4. The number of nitrogens with two attached hydrogens (primary N) is 1. The first-order chi connectivity index (χ1) is 14.8. The zero-order chi connectivity index (χ0) is 23.7. The number of amides is 1. The summed E-state index contributed by atoms with van der Waals surface area (Å²) < 4.78 is 65.6. The van der Waals surface area contributed by atoms with Crippen LogP contribution in [-0.2, 0) is 4.79 Å². The number of imidazole rings is 1. The molecule has 3 N–H and O–H groups in total. The van der Waals surface area contributed by atoms with Crippen LogP contribution in [0.1, 0.15) is 75.7 Å². The Morgan fingerprint density at radius 1 is 1.31 bits per heavy atom. The fourth-order valence-electron chi connectivity index (χ4n) is 4.04. The topological polar surface area (TPSA) is 85.3 Å². The molecule has 2 aromatic heterocycles. The molecule has 0 radical (unpaired) electrons. The van der Waals surface area contributed by atoms with Gasteiger partial charge in [0.15, 0.2) is 5.65 Å². The highest BCUT2D eigenvalue weighted by Gasteiger charge is 2.37. The third-order valence-electron chi connectivity index (χ3n) is 5.95. The van der Waals surface area contributed by atoms with E-state index in [1.807, 2.05) is 13.8 Å². The zero-order valence-corrected chi connectivity index (χ0v) is 18.0. The van der Waals surface area contributed by atoms with E-state index < -0.39 is 42.9 Å². The molecule has 1 aliphatic rings. The molecule has 0 saturated heterocycles. The van der Waals surface area contributed by atoms with Gasteiger partial charge in [0.2, 0.25) is 11.8 Å². The maximum absolute atomic E-state index is 13.4. The quantitative estimate of drug-likeness (QED) is 0.585. The molecule has 178 valence electrons. The number of hydrogen-bond acceptors (Lipinski definition) is 4. The van der Waals surface area contributed by atoms with Crippen LogP contribution in [0.3, 0.4) is 0 Å². The van der Waals surface area contributed by atoms with Crippen molar-refractivity contribution in [2.24, 2.45) is 17.6 Å². The van der Waals surface area contributed by atoms with Crippen LogP contribution in [0.2, 0.25) is 0 Å². The maximum atomic E-state index is 13.4. The van der Waals surface area contributed by atoms with E-state index in [0.29, 0.717) is 29.7 Å². The highest BCUT2D eigenvalue weighted by Crippen LogP contribution is 2.40. The molecular weight excluding hydrogens is 433 g/mol. The zero-order valence-electron chi connectivity index (χ0n) is 18.0. The summed E-state index contributed by atoms with van der Waals surface area (Å²) in [5.74, 6) is -3.53. The predicted molar refractivity (Wildman–Crippen MR) is 108 cm³/mol. The van der Waals surface area contributed by atoms with E-state index in [9.17, 15) is 26.7 Å². The molecular formula is C21H28F5N5O. The molecule has 0 bridgehead atoms. The summed E-state index contributed by atoms with van der Waals surface area (Å²) in [6.45, 7) is 3.68. The number of nitrogens with one attached hydrogen (secondary N) is 1. The van der Waals surface area contributed by atoms with Crippen molar-refractivity contribution in [1.29, 1.82) is 0 Å². The molecule has 1 saturated carbocycles. The molecule has 0 unspecified atom stereocenters. The second-order valence-corrected chi connectivity index (χ2v) is 8.88. The van der Waals surface area contributed by atoms with Crippen LogP contribution in [0.5, 0.6) is 0 Å². The van der Waals surface area contributed by atoms with Crippen molar-refractivity contribution in [3.05, 3.63) is 29.7 Å². The highest BCUT2D eigenvalue weighted by molar-refractivity contribution is 5.76. The summed E-state index contributed by atoms with van der Waals surface area (Å²) in [6.07, 6.45) is -2.79. The minimum atomic E-state index is -4.40. The molecule has 3 rings (SSSR count). The average Bonchev–Trinajstić information content (AvgIpc) is 3.12. The van der Waals surface area contributed by atoms with Crippen LogP contribution in [0.4, 0.5) is 22.0 Å². The standard InChI is InChI=1S/C21H28F5N5O/c1-12(2)19(30-17(32)5-8-21(24,25)26)14-9-16-29-15(11-31(16)28-10-14)18(27)13-3-6-20(22,23)7-4-13/h9-13,18-19H,3-8,27H2,1-2H3,(H,30,32)/t18-,19+/m0/s1. The lowest BCUT2D eigenvalue weighted by atomic mass is 9.81. The number of aromatic nitrogens is 3. The van der Waals surface area contributed by atoms with E-state index >= 15 is 0 Å². The summed E-state index contributed by atoms with van der Waals surface area (Å²) in [6, 6.07) is 0.661.